The maximum Gasteiger partial charge on any atom is 0.337 e. The summed E-state index contributed by atoms with van der Waals surface area (Å²) in [5, 5.41) is 12.1. The number of aldehydes is 1. The van der Waals surface area contributed by atoms with Crippen LogP contribution in [0.15, 0.2) is 127 Å². The van der Waals surface area contributed by atoms with E-state index < -0.39 is 5.91 Å². The van der Waals surface area contributed by atoms with Crippen molar-refractivity contribution in [3.8, 4) is 28.7 Å². The zero-order chi connectivity index (χ0) is 49.8. The van der Waals surface area contributed by atoms with Gasteiger partial charge in [0.15, 0.2) is 0 Å². The SMILES string of the molecule is COC(=O)c1ccc2c(c1)N(Cc1ccc(OC)cc1)CCO2.COC(=O)c1ccc2c(c1)NCCC2.COc1ccc(C=O)cc1.COc1ccc(CN2CCOc3ccc(C(=O)NO)cc32)cc1. The molecule has 0 radical (unpaired) electrons. The van der Waals surface area contributed by atoms with Gasteiger partial charge in [-0.25, -0.2) is 15.1 Å². The van der Waals surface area contributed by atoms with E-state index in [4.69, 9.17) is 33.6 Å². The molecule has 366 valence electrons. The summed E-state index contributed by atoms with van der Waals surface area (Å²) >= 11 is 0. The van der Waals surface area contributed by atoms with Crippen LogP contribution in [0.4, 0.5) is 17.1 Å². The molecule has 0 unspecified atom stereocenters. The van der Waals surface area contributed by atoms with Crippen molar-refractivity contribution in [1.82, 2.24) is 5.48 Å². The van der Waals surface area contributed by atoms with E-state index in [-0.39, 0.29) is 11.9 Å². The molecule has 9 rings (SSSR count). The van der Waals surface area contributed by atoms with Gasteiger partial charge in [0.2, 0.25) is 0 Å². The van der Waals surface area contributed by atoms with Crippen LogP contribution in [0.25, 0.3) is 0 Å². The minimum atomic E-state index is -0.539. The second-order valence-corrected chi connectivity index (χ2v) is 15.8. The molecule has 0 bridgehead atoms. The average Bonchev–Trinajstić information content (AvgIpc) is 3.43. The molecule has 0 aromatic heterocycles. The lowest BCUT2D eigenvalue weighted by molar-refractivity contribution is 0.0592. The Hall–Kier alpha value is -8.24. The summed E-state index contributed by atoms with van der Waals surface area (Å²) in [6.07, 6.45) is 3.05. The lowest BCUT2D eigenvalue weighted by Gasteiger charge is -2.31. The first kappa shape index (κ1) is 51.2. The molecule has 16 nitrogen and oxygen atoms in total. The van der Waals surface area contributed by atoms with Crippen molar-refractivity contribution >= 4 is 41.2 Å². The third kappa shape index (κ3) is 13.9. The van der Waals surface area contributed by atoms with Gasteiger partial charge in [0.1, 0.15) is 48.2 Å². The number of rotatable bonds is 11. The Bertz CT molecular complexity index is 2550. The summed E-state index contributed by atoms with van der Waals surface area (Å²) in [6, 6.07) is 38.9. The van der Waals surface area contributed by atoms with Crippen molar-refractivity contribution in [1.29, 1.82) is 0 Å². The predicted octanol–water partition coefficient (Wildman–Crippen LogP) is 8.43. The lowest BCUT2D eigenvalue weighted by Crippen LogP contribution is -2.32. The summed E-state index contributed by atoms with van der Waals surface area (Å²) in [5.74, 6) is 2.79. The standard InChI is InChI=1S/C18H19NO4.C17H18N2O4.C11H13NO2.C8H8O2/c1-21-15-6-3-13(4-7-15)12-19-9-10-23-17-8-5-14(11-16(17)19)18(20)22-2;1-22-14-5-2-12(3-6-14)11-19-8-9-23-16-7-4-13(10-15(16)19)17(20)18-21;1-14-11(13)9-5-4-8-3-2-6-12-10(8)7-9;1-10-8-4-2-7(6-9)3-5-8/h3-8,11H,9-10,12H2,1-2H3;2-7,10,21H,8-9,11H2,1H3,(H,18,20);4-5,7,12H,2-3,6H2,1H3;2-6H,1H3. The molecule has 3 heterocycles. The highest BCUT2D eigenvalue weighted by molar-refractivity contribution is 5.95. The average molecular weight is 955 g/mol. The van der Waals surface area contributed by atoms with Crippen LogP contribution in [0.1, 0.15) is 64.5 Å². The highest BCUT2D eigenvalue weighted by Crippen LogP contribution is 2.35. The number of ether oxygens (including phenoxy) is 7. The van der Waals surface area contributed by atoms with Gasteiger partial charge in [-0.3, -0.25) is 14.8 Å². The van der Waals surface area contributed by atoms with Crippen molar-refractivity contribution < 1.29 is 57.5 Å². The van der Waals surface area contributed by atoms with Gasteiger partial charge in [-0.2, -0.15) is 0 Å². The number of fused-ring (bicyclic) bond motifs is 3. The Morgan fingerprint density at radius 2 is 1.07 bits per heavy atom. The maximum atomic E-state index is 11.7. The topological polar surface area (TPSA) is 184 Å². The molecule has 6 aromatic carbocycles. The Kier molecular flexibility index (Phi) is 18.8. The predicted molar refractivity (Wildman–Crippen MR) is 266 cm³/mol. The molecule has 0 spiro atoms. The number of hydrogen-bond donors (Lipinski definition) is 3. The fourth-order valence-corrected chi connectivity index (χ4v) is 7.62. The second-order valence-electron chi connectivity index (χ2n) is 15.8. The summed E-state index contributed by atoms with van der Waals surface area (Å²) in [7, 11) is 7.67. The summed E-state index contributed by atoms with van der Waals surface area (Å²) in [5.41, 5.74) is 10.2. The van der Waals surface area contributed by atoms with Crippen LogP contribution >= 0.6 is 0 Å². The van der Waals surface area contributed by atoms with Crippen LogP contribution < -0.4 is 44.3 Å². The molecule has 6 aromatic rings. The van der Waals surface area contributed by atoms with Gasteiger partial charge >= 0.3 is 11.9 Å². The number of nitrogens with one attached hydrogen (secondary N) is 2. The van der Waals surface area contributed by atoms with Crippen molar-refractivity contribution in [3.05, 3.63) is 166 Å². The van der Waals surface area contributed by atoms with E-state index in [2.05, 4.69) is 19.9 Å². The fraction of sp³-hybridized carbons (Fsp3) is 0.259. The second kappa shape index (κ2) is 25.8. The van der Waals surface area contributed by atoms with Crippen LogP contribution in [-0.2, 0) is 29.0 Å². The van der Waals surface area contributed by atoms with E-state index >= 15 is 0 Å². The van der Waals surface area contributed by atoms with E-state index in [1.54, 1.807) is 75.3 Å². The van der Waals surface area contributed by atoms with Crippen molar-refractivity contribution in [2.45, 2.75) is 25.9 Å². The molecule has 0 aliphatic carbocycles. The van der Waals surface area contributed by atoms with Crippen LogP contribution in [0.5, 0.6) is 28.7 Å². The van der Waals surface area contributed by atoms with E-state index in [9.17, 15) is 19.2 Å². The highest BCUT2D eigenvalue weighted by atomic mass is 16.5. The van der Waals surface area contributed by atoms with E-state index in [0.29, 0.717) is 42.0 Å². The van der Waals surface area contributed by atoms with Gasteiger partial charge in [0.05, 0.1) is 71.1 Å². The monoisotopic (exact) mass is 954 g/mol. The molecule has 0 saturated heterocycles. The minimum absolute atomic E-state index is 0.278. The first-order valence-electron chi connectivity index (χ1n) is 22.5. The Balaban J connectivity index is 0.000000161. The number of methoxy groups -OCH3 is 5. The van der Waals surface area contributed by atoms with Crippen LogP contribution in [0.2, 0.25) is 0 Å². The summed E-state index contributed by atoms with van der Waals surface area (Å²) in [4.78, 5) is 49.1. The van der Waals surface area contributed by atoms with Gasteiger partial charge in [-0.1, -0.05) is 30.3 Å². The molecule has 3 aliphatic heterocycles. The number of amides is 1. The normalized spacial score (nSPS) is 12.7. The number of aryl methyl sites for hydroxylation is 1. The van der Waals surface area contributed by atoms with E-state index in [1.807, 2.05) is 78.9 Å². The number of hydrogen-bond acceptors (Lipinski definition) is 15. The Morgan fingerprint density at radius 1 is 0.614 bits per heavy atom. The first-order chi connectivity index (χ1) is 34.1. The maximum absolute atomic E-state index is 11.7. The van der Waals surface area contributed by atoms with Gasteiger partial charge in [0, 0.05) is 36.4 Å². The summed E-state index contributed by atoms with van der Waals surface area (Å²) in [6.45, 7) is 5.13. The molecule has 3 aliphatic rings. The van der Waals surface area contributed by atoms with E-state index in [1.165, 1.54) is 25.3 Å². The van der Waals surface area contributed by atoms with Crippen LogP contribution in [-0.4, -0.2) is 97.7 Å². The number of esters is 2. The highest BCUT2D eigenvalue weighted by Gasteiger charge is 2.22. The summed E-state index contributed by atoms with van der Waals surface area (Å²) < 4.78 is 36.0. The molecular weight excluding hydrogens is 897 g/mol. The smallest absolute Gasteiger partial charge is 0.337 e. The van der Waals surface area contributed by atoms with Gasteiger partial charge in [-0.15, -0.1) is 0 Å². The fourth-order valence-electron chi connectivity index (χ4n) is 7.62. The van der Waals surface area contributed by atoms with Crippen molar-refractivity contribution in [2.24, 2.45) is 0 Å². The third-order valence-corrected chi connectivity index (χ3v) is 11.4. The minimum Gasteiger partial charge on any atom is -0.497 e. The Morgan fingerprint density at radius 3 is 1.54 bits per heavy atom. The zero-order valence-corrected chi connectivity index (χ0v) is 39.9. The van der Waals surface area contributed by atoms with Gasteiger partial charge in [0.25, 0.3) is 5.91 Å². The molecule has 0 fully saturated rings. The molecule has 70 heavy (non-hydrogen) atoms. The zero-order valence-electron chi connectivity index (χ0n) is 39.9. The van der Waals surface area contributed by atoms with Crippen molar-refractivity contribution in [2.75, 3.05) is 83.5 Å². The molecule has 3 N–H and O–H groups in total. The Labute approximate surface area is 407 Å². The van der Waals surface area contributed by atoms with Gasteiger partial charge in [-0.05, 0) is 127 Å². The third-order valence-electron chi connectivity index (χ3n) is 11.4. The van der Waals surface area contributed by atoms with Gasteiger partial charge < -0.3 is 48.3 Å². The van der Waals surface area contributed by atoms with E-state index in [0.717, 1.165) is 96.7 Å². The molecule has 1 amide bonds. The molecule has 16 heteroatoms. The number of benzene rings is 6. The number of carbonyl (C=O) groups excluding carboxylic acids is 4. The number of hydroxylamine groups is 1. The first-order valence-corrected chi connectivity index (χ1v) is 22.5. The van der Waals surface area contributed by atoms with Crippen LogP contribution in [0.3, 0.4) is 0 Å². The van der Waals surface area contributed by atoms with Crippen molar-refractivity contribution in [3.63, 3.8) is 0 Å². The molecule has 0 atom stereocenters. The number of nitrogens with zero attached hydrogens (tertiary/aromatic N) is 2. The number of carbonyl (C=O) groups is 4. The van der Waals surface area contributed by atoms with Crippen LogP contribution in [0, 0.1) is 0 Å². The molecular formula is C54H58N4O12. The lowest BCUT2D eigenvalue weighted by atomic mass is 10.0. The number of anilines is 3. The molecule has 0 saturated carbocycles. The largest absolute Gasteiger partial charge is 0.497 e. The quantitative estimate of drug-likeness (QED) is 0.0486.